The highest BCUT2D eigenvalue weighted by Crippen LogP contribution is 2.43. The third-order valence-electron chi connectivity index (χ3n) is 9.95. The molecule has 9 aromatic rings. The van der Waals surface area contributed by atoms with Gasteiger partial charge in [-0.15, -0.1) is 0 Å². The number of nitrogens with zero attached hydrogens (tertiary/aromatic N) is 4. The zero-order valence-electron chi connectivity index (χ0n) is 29.7. The standard InChI is InChI=1S/C48H33BN4O2/c1-4-16-35(17-5-1)41-24-15-25-42(36-18-6-2-7-19-36)48(41)52-34-51(43-26-10-11-27-44(43)52)38-22-14-23-39(32-38)54-40-29-30-46-45(33-40)53(47-28-12-13-31-50-47)49(55-46)37-20-8-3-9-21-37/h1-33H. The highest BCUT2D eigenvalue weighted by molar-refractivity contribution is 6.74. The minimum Gasteiger partial charge on any atom is -0.536 e. The molecular formula is C48H33BN4O2. The molecule has 1 aliphatic heterocycles. The molecule has 0 spiro atoms. The molecule has 0 unspecified atom stereocenters. The number of rotatable bonds is 8. The Bertz CT molecular complexity index is 2720. The van der Waals surface area contributed by atoms with Crippen LogP contribution in [0.25, 0.3) is 44.7 Å². The number of ether oxygens (including phenoxy) is 1. The molecule has 3 heterocycles. The van der Waals surface area contributed by atoms with Crippen LogP contribution in [0.15, 0.2) is 200 Å². The fraction of sp³-hybridized carbons (Fsp3) is 0. The van der Waals surface area contributed by atoms with E-state index in [0.29, 0.717) is 11.5 Å². The molecule has 7 aromatic carbocycles. The average molecular weight is 709 g/mol. The van der Waals surface area contributed by atoms with E-state index in [0.717, 1.165) is 67.4 Å². The molecule has 10 rings (SSSR count). The monoisotopic (exact) mass is 708 g/mol. The molecule has 0 radical (unpaired) electrons. The maximum Gasteiger partial charge on any atom is 0.525 e. The molecule has 2 aromatic heterocycles. The molecule has 0 atom stereocenters. The second-order valence-corrected chi connectivity index (χ2v) is 13.4. The largest absolute Gasteiger partial charge is 0.536 e. The second-order valence-electron chi connectivity index (χ2n) is 13.4. The predicted molar refractivity (Wildman–Crippen MR) is 220 cm³/mol. The molecule has 260 valence electrons. The smallest absolute Gasteiger partial charge is 0.525 e. The summed E-state index contributed by atoms with van der Waals surface area (Å²) in [7, 11) is -0.358. The first-order valence-corrected chi connectivity index (χ1v) is 18.3. The van der Waals surface area contributed by atoms with Gasteiger partial charge in [-0.05, 0) is 70.2 Å². The molecule has 0 amide bonds. The molecular weight excluding hydrogens is 675 g/mol. The van der Waals surface area contributed by atoms with Crippen LogP contribution >= 0.6 is 0 Å². The average Bonchev–Trinajstić information content (AvgIpc) is 3.84. The number of hydrogen-bond acceptors (Lipinski definition) is 4. The van der Waals surface area contributed by atoms with Crippen molar-refractivity contribution in [2.75, 3.05) is 4.81 Å². The van der Waals surface area contributed by atoms with Gasteiger partial charge in [0, 0.05) is 12.3 Å². The van der Waals surface area contributed by atoms with Gasteiger partial charge in [0.2, 0.25) is 0 Å². The predicted octanol–water partition coefficient (Wildman–Crippen LogP) is 10.2. The lowest BCUT2D eigenvalue weighted by molar-refractivity contribution is -0.571. The van der Waals surface area contributed by atoms with Crippen molar-refractivity contribution < 1.29 is 14.0 Å². The zero-order valence-corrected chi connectivity index (χ0v) is 29.7. The number of benzene rings is 7. The first-order chi connectivity index (χ1) is 27.3. The highest BCUT2D eigenvalue weighted by Gasteiger charge is 2.40. The second kappa shape index (κ2) is 13.9. The molecule has 55 heavy (non-hydrogen) atoms. The van der Waals surface area contributed by atoms with Crippen LogP contribution in [0.1, 0.15) is 0 Å². The first kappa shape index (κ1) is 32.3. The quantitative estimate of drug-likeness (QED) is 0.0896. The summed E-state index contributed by atoms with van der Waals surface area (Å²) in [6.07, 6.45) is 5.56. The summed E-state index contributed by atoms with van der Waals surface area (Å²) < 4.78 is 17.4. The molecule has 0 N–H and O–H groups in total. The van der Waals surface area contributed by atoms with Gasteiger partial charge in [0.25, 0.3) is 6.33 Å². The van der Waals surface area contributed by atoms with Gasteiger partial charge in [0.15, 0.2) is 0 Å². The number of fused-ring (bicyclic) bond motifs is 2. The SMILES string of the molecule is [c-]1n(-c2cccc(Oc3ccc4c(c3)N(c3ccccn3)B(c3ccccc3)O4)c2)c2ccccc2[n+]1-c1c(-c2ccccc2)cccc1-c1ccccc1. The number of hydrogen-bond donors (Lipinski definition) is 0. The lowest BCUT2D eigenvalue weighted by atomic mass is 9.72. The lowest BCUT2D eigenvalue weighted by Crippen LogP contribution is -2.47. The number of pyridine rings is 1. The van der Waals surface area contributed by atoms with E-state index >= 15 is 0 Å². The Morgan fingerprint density at radius 3 is 1.96 bits per heavy atom. The summed E-state index contributed by atoms with van der Waals surface area (Å²) in [4.78, 5) is 6.80. The molecule has 1 aliphatic rings. The number of para-hydroxylation sites is 3. The van der Waals surface area contributed by atoms with E-state index in [-0.39, 0.29) is 7.05 Å². The van der Waals surface area contributed by atoms with Gasteiger partial charge in [0.1, 0.15) is 23.1 Å². The van der Waals surface area contributed by atoms with E-state index in [4.69, 9.17) is 9.39 Å². The van der Waals surface area contributed by atoms with Crippen molar-refractivity contribution in [1.29, 1.82) is 0 Å². The van der Waals surface area contributed by atoms with Crippen LogP contribution in [-0.2, 0) is 0 Å². The maximum absolute atomic E-state index is 6.61. The summed E-state index contributed by atoms with van der Waals surface area (Å²) in [6.45, 7) is 0. The summed E-state index contributed by atoms with van der Waals surface area (Å²) in [6, 6.07) is 66.3. The zero-order chi connectivity index (χ0) is 36.6. The van der Waals surface area contributed by atoms with E-state index in [9.17, 15) is 0 Å². The minimum absolute atomic E-state index is 0.358. The molecule has 0 fully saturated rings. The molecule has 7 heteroatoms. The molecule has 0 bridgehead atoms. The Kier molecular flexibility index (Phi) is 8.15. The molecule has 0 saturated heterocycles. The van der Waals surface area contributed by atoms with Gasteiger partial charge in [-0.2, -0.15) is 0 Å². The molecule has 0 saturated carbocycles. The van der Waals surface area contributed by atoms with Crippen LogP contribution < -0.4 is 24.2 Å². The van der Waals surface area contributed by atoms with Crippen LogP contribution in [0.2, 0.25) is 0 Å². The van der Waals surface area contributed by atoms with Crippen molar-refractivity contribution in [3.8, 4) is 50.9 Å². The first-order valence-electron chi connectivity index (χ1n) is 18.3. The fourth-order valence-corrected chi connectivity index (χ4v) is 7.45. The van der Waals surface area contributed by atoms with Crippen LogP contribution in [0.3, 0.4) is 0 Å². The molecule has 0 aliphatic carbocycles. The van der Waals surface area contributed by atoms with Gasteiger partial charge < -0.3 is 14.2 Å². The summed E-state index contributed by atoms with van der Waals surface area (Å²) >= 11 is 0. The normalized spacial score (nSPS) is 12.1. The van der Waals surface area contributed by atoms with Gasteiger partial charge >= 0.3 is 7.05 Å². The Morgan fingerprint density at radius 2 is 1.24 bits per heavy atom. The van der Waals surface area contributed by atoms with E-state index in [2.05, 4.69) is 153 Å². The summed E-state index contributed by atoms with van der Waals surface area (Å²) in [5, 5.41) is 0. The Labute approximate surface area is 319 Å². The Morgan fingerprint density at radius 1 is 0.582 bits per heavy atom. The molecule has 6 nitrogen and oxygen atoms in total. The summed E-state index contributed by atoms with van der Waals surface area (Å²) in [5.41, 5.74) is 10.5. The number of aromatic nitrogens is 3. The number of anilines is 2. The van der Waals surface area contributed by atoms with Crippen molar-refractivity contribution in [3.05, 3.63) is 207 Å². The number of imidazole rings is 1. The Hall–Kier alpha value is -7.38. The van der Waals surface area contributed by atoms with E-state index in [1.54, 1.807) is 6.20 Å². The lowest BCUT2D eigenvalue weighted by Gasteiger charge is -2.21. The van der Waals surface area contributed by atoms with Crippen LogP contribution in [0.5, 0.6) is 17.2 Å². The maximum atomic E-state index is 6.61. The van der Waals surface area contributed by atoms with Crippen molar-refractivity contribution in [2.24, 2.45) is 0 Å². The van der Waals surface area contributed by atoms with Crippen molar-refractivity contribution >= 4 is 35.1 Å². The third-order valence-corrected chi connectivity index (χ3v) is 9.95. The summed E-state index contributed by atoms with van der Waals surface area (Å²) in [5.74, 6) is 2.95. The van der Waals surface area contributed by atoms with Crippen LogP contribution in [-0.4, -0.2) is 16.6 Å². The van der Waals surface area contributed by atoms with Gasteiger partial charge in [-0.3, -0.25) is 9.13 Å². The third kappa shape index (κ3) is 5.98. The van der Waals surface area contributed by atoms with Crippen molar-refractivity contribution in [3.63, 3.8) is 0 Å². The van der Waals surface area contributed by atoms with E-state index in [1.807, 2.05) is 66.7 Å². The van der Waals surface area contributed by atoms with E-state index < -0.39 is 0 Å². The topological polar surface area (TPSA) is 43.4 Å². The minimum atomic E-state index is -0.358. The van der Waals surface area contributed by atoms with Gasteiger partial charge in [-0.1, -0.05) is 146 Å². The highest BCUT2D eigenvalue weighted by atomic mass is 16.5. The van der Waals surface area contributed by atoms with Crippen molar-refractivity contribution in [2.45, 2.75) is 0 Å². The van der Waals surface area contributed by atoms with Gasteiger partial charge in [0.05, 0.1) is 28.1 Å². The Balaban J connectivity index is 1.05. The van der Waals surface area contributed by atoms with Crippen molar-refractivity contribution in [1.82, 2.24) is 9.55 Å². The van der Waals surface area contributed by atoms with Crippen LogP contribution in [0.4, 0.5) is 11.5 Å². The van der Waals surface area contributed by atoms with Crippen LogP contribution in [0, 0.1) is 6.33 Å². The van der Waals surface area contributed by atoms with Gasteiger partial charge in [-0.25, -0.2) is 4.98 Å². The fourth-order valence-electron chi connectivity index (χ4n) is 7.45. The van der Waals surface area contributed by atoms with E-state index in [1.165, 1.54) is 0 Å².